The molecule has 0 unspecified atom stereocenters. The Balaban J connectivity index is 2.81. The van der Waals surface area contributed by atoms with Gasteiger partial charge >= 0.3 is 0 Å². The maximum Gasteiger partial charge on any atom is 0.266 e. The minimum absolute atomic E-state index is 0.128. The van der Waals surface area contributed by atoms with Crippen molar-refractivity contribution < 1.29 is 14.4 Å². The van der Waals surface area contributed by atoms with E-state index in [4.69, 9.17) is 0 Å². The van der Waals surface area contributed by atoms with Crippen LogP contribution in [0.3, 0.4) is 0 Å². The number of nitrogens with zero attached hydrogens (tertiary/aromatic N) is 2. The van der Waals surface area contributed by atoms with Crippen molar-refractivity contribution in [2.24, 2.45) is 4.99 Å². The zero-order valence-electron chi connectivity index (χ0n) is 8.52. The Bertz CT molecular complexity index is 314. The van der Waals surface area contributed by atoms with Gasteiger partial charge in [0, 0.05) is 6.42 Å². The zero-order chi connectivity index (χ0) is 11.4. The van der Waals surface area contributed by atoms with E-state index in [-0.39, 0.29) is 30.6 Å². The van der Waals surface area contributed by atoms with E-state index in [9.17, 15) is 14.4 Å². The fourth-order valence-electron chi connectivity index (χ4n) is 1.34. The molecule has 0 aromatic rings. The fraction of sp³-hybridized carbons (Fsp3) is 0.556. The fourth-order valence-corrected chi connectivity index (χ4v) is 1.34. The second-order valence-corrected chi connectivity index (χ2v) is 3.40. The van der Waals surface area contributed by atoms with Gasteiger partial charge in [-0.15, -0.1) is 0 Å². The van der Waals surface area contributed by atoms with E-state index in [1.807, 2.05) is 0 Å². The molecule has 0 radical (unpaired) electrons. The van der Waals surface area contributed by atoms with Crippen LogP contribution in [0.5, 0.6) is 0 Å². The number of nitrogens with one attached hydrogen (secondary N) is 1. The summed E-state index contributed by atoms with van der Waals surface area (Å²) in [6.45, 7) is 4.51. The molecular weight excluding hydrogens is 198 g/mol. The van der Waals surface area contributed by atoms with E-state index in [1.165, 1.54) is 6.92 Å². The average molecular weight is 211 g/mol. The Hall–Kier alpha value is -1.72. The van der Waals surface area contributed by atoms with Crippen molar-refractivity contribution in [3.05, 3.63) is 0 Å². The predicted molar refractivity (Wildman–Crippen MR) is 53.1 cm³/mol. The van der Waals surface area contributed by atoms with Crippen molar-refractivity contribution in [3.8, 4) is 0 Å². The summed E-state index contributed by atoms with van der Waals surface area (Å²) in [5.74, 6) is -0.866. The molecule has 0 aromatic carbocycles. The molecule has 0 spiro atoms. The molecule has 1 saturated heterocycles. The molecule has 1 atom stereocenters. The van der Waals surface area contributed by atoms with E-state index in [0.717, 1.165) is 5.01 Å². The van der Waals surface area contributed by atoms with Crippen molar-refractivity contribution in [2.75, 3.05) is 6.54 Å². The van der Waals surface area contributed by atoms with E-state index in [2.05, 4.69) is 17.1 Å². The molecule has 0 bridgehead atoms. The first kappa shape index (κ1) is 11.4. The minimum Gasteiger partial charge on any atom is -0.298 e. The van der Waals surface area contributed by atoms with Crippen molar-refractivity contribution in [3.63, 3.8) is 0 Å². The highest BCUT2D eigenvalue weighted by Gasteiger charge is 2.29. The maximum absolute atomic E-state index is 11.7. The average Bonchev–Trinajstić information content (AvgIpc) is 2.27. The number of ketones is 1. The standard InChI is InChI=1S/C9H13N3O3/c1-6(13)5-12-9(15)7(10-2)3-4-8(14)11-12/h7H,2-5H2,1H3,(H,11,14)/t7-/m0/s1. The van der Waals surface area contributed by atoms with Crippen LogP contribution in [-0.2, 0) is 14.4 Å². The summed E-state index contributed by atoms with van der Waals surface area (Å²) in [4.78, 5) is 37.4. The van der Waals surface area contributed by atoms with Gasteiger partial charge in [0.1, 0.15) is 12.6 Å². The third kappa shape index (κ3) is 2.87. The summed E-state index contributed by atoms with van der Waals surface area (Å²) >= 11 is 0. The first-order valence-electron chi connectivity index (χ1n) is 4.60. The molecule has 6 nitrogen and oxygen atoms in total. The molecule has 0 aliphatic carbocycles. The third-order valence-corrected chi connectivity index (χ3v) is 2.06. The van der Waals surface area contributed by atoms with Crippen LogP contribution in [0, 0.1) is 0 Å². The molecule has 0 aromatic heterocycles. The number of Topliss-reactive ketones (excluding diaryl/α,β-unsaturated/α-hetero) is 1. The zero-order valence-corrected chi connectivity index (χ0v) is 8.52. The first-order valence-corrected chi connectivity index (χ1v) is 4.60. The van der Waals surface area contributed by atoms with Gasteiger partial charge in [0.05, 0.1) is 0 Å². The summed E-state index contributed by atoms with van der Waals surface area (Å²) in [6, 6.07) is -0.636. The molecule has 6 heteroatoms. The van der Waals surface area contributed by atoms with Crippen LogP contribution < -0.4 is 5.43 Å². The van der Waals surface area contributed by atoms with Crippen LogP contribution in [-0.4, -0.2) is 41.9 Å². The molecule has 1 fully saturated rings. The number of hydrogen-bond acceptors (Lipinski definition) is 4. The normalized spacial score (nSPS) is 21.9. The quantitative estimate of drug-likeness (QED) is 0.627. The lowest BCUT2D eigenvalue weighted by atomic mass is 10.1. The SMILES string of the molecule is C=N[C@H]1CCC(=O)NN(CC(C)=O)C1=O. The second-order valence-electron chi connectivity index (χ2n) is 3.40. The van der Waals surface area contributed by atoms with Gasteiger partial charge in [-0.2, -0.15) is 0 Å². The Labute approximate surface area is 87.3 Å². The van der Waals surface area contributed by atoms with E-state index < -0.39 is 6.04 Å². The Morgan fingerprint density at radius 1 is 1.67 bits per heavy atom. The van der Waals surface area contributed by atoms with E-state index in [1.54, 1.807) is 0 Å². The summed E-state index contributed by atoms with van der Waals surface area (Å²) in [5.41, 5.74) is 2.36. The largest absolute Gasteiger partial charge is 0.298 e. The third-order valence-electron chi connectivity index (χ3n) is 2.06. The predicted octanol–water partition coefficient (Wildman–Crippen LogP) is -0.702. The van der Waals surface area contributed by atoms with Crippen molar-refractivity contribution in [1.82, 2.24) is 10.4 Å². The van der Waals surface area contributed by atoms with Crippen molar-refractivity contribution in [1.29, 1.82) is 0 Å². The highest BCUT2D eigenvalue weighted by atomic mass is 16.2. The Morgan fingerprint density at radius 2 is 2.33 bits per heavy atom. The van der Waals surface area contributed by atoms with Crippen LogP contribution >= 0.6 is 0 Å². The summed E-state index contributed by atoms with van der Waals surface area (Å²) < 4.78 is 0. The Kier molecular flexibility index (Phi) is 3.54. The van der Waals surface area contributed by atoms with Crippen molar-refractivity contribution in [2.45, 2.75) is 25.8 Å². The molecule has 0 saturated carbocycles. The lowest BCUT2D eigenvalue weighted by molar-refractivity contribution is -0.142. The molecule has 2 amide bonds. The van der Waals surface area contributed by atoms with Crippen LogP contribution in [0.4, 0.5) is 0 Å². The van der Waals surface area contributed by atoms with Gasteiger partial charge in [-0.05, 0) is 20.1 Å². The van der Waals surface area contributed by atoms with Crippen LogP contribution in [0.1, 0.15) is 19.8 Å². The second kappa shape index (κ2) is 4.68. The number of rotatable bonds is 3. The minimum atomic E-state index is -0.636. The maximum atomic E-state index is 11.7. The van der Waals surface area contributed by atoms with Crippen LogP contribution in [0.15, 0.2) is 4.99 Å². The molecule has 1 aliphatic rings. The highest BCUT2D eigenvalue weighted by molar-refractivity contribution is 5.91. The number of carbonyl (C=O) groups is 3. The molecule has 1 aliphatic heterocycles. The number of amides is 2. The van der Waals surface area contributed by atoms with Gasteiger partial charge in [0.15, 0.2) is 5.78 Å². The van der Waals surface area contributed by atoms with Gasteiger partial charge in [0.2, 0.25) is 5.91 Å². The molecule has 1 heterocycles. The van der Waals surface area contributed by atoms with Crippen LogP contribution in [0.25, 0.3) is 0 Å². The van der Waals surface area contributed by atoms with Gasteiger partial charge < -0.3 is 0 Å². The monoisotopic (exact) mass is 211 g/mol. The number of hydrogen-bond donors (Lipinski definition) is 1. The summed E-state index contributed by atoms with van der Waals surface area (Å²) in [6.07, 6.45) is 0.548. The van der Waals surface area contributed by atoms with E-state index >= 15 is 0 Å². The van der Waals surface area contributed by atoms with Crippen molar-refractivity contribution >= 4 is 24.3 Å². The highest BCUT2D eigenvalue weighted by Crippen LogP contribution is 2.09. The molecule has 82 valence electrons. The van der Waals surface area contributed by atoms with Gasteiger partial charge in [0.25, 0.3) is 5.91 Å². The Morgan fingerprint density at radius 3 is 2.87 bits per heavy atom. The molecule has 1 rings (SSSR count). The first-order chi connectivity index (χ1) is 7.04. The summed E-state index contributed by atoms with van der Waals surface area (Å²) in [5, 5.41) is 1.01. The van der Waals surface area contributed by atoms with E-state index in [0.29, 0.717) is 6.42 Å². The lowest BCUT2D eigenvalue weighted by Crippen LogP contribution is -2.49. The van der Waals surface area contributed by atoms with Gasteiger partial charge in [-0.1, -0.05) is 0 Å². The number of hydrazine groups is 1. The van der Waals surface area contributed by atoms with Gasteiger partial charge in [-0.3, -0.25) is 24.8 Å². The summed E-state index contributed by atoms with van der Waals surface area (Å²) in [7, 11) is 0. The van der Waals surface area contributed by atoms with Crippen LogP contribution in [0.2, 0.25) is 0 Å². The number of carbonyl (C=O) groups excluding carboxylic acids is 3. The van der Waals surface area contributed by atoms with Gasteiger partial charge in [-0.25, -0.2) is 5.01 Å². The molecule has 1 N–H and O–H groups in total. The topological polar surface area (TPSA) is 78.8 Å². The molecule has 15 heavy (non-hydrogen) atoms. The molecular formula is C9H13N3O3. The lowest BCUT2D eigenvalue weighted by Gasteiger charge is -2.21. The number of aliphatic imine (C=N–C) groups is 1. The smallest absolute Gasteiger partial charge is 0.266 e.